The SMILES string of the molecule is COc1ccc(-c2cc3nccnc3[nH]2)cc1Br. The summed E-state index contributed by atoms with van der Waals surface area (Å²) in [6, 6.07) is 7.90. The van der Waals surface area contributed by atoms with Crippen molar-refractivity contribution in [3.05, 3.63) is 41.1 Å². The molecule has 0 atom stereocenters. The summed E-state index contributed by atoms with van der Waals surface area (Å²) in [5, 5.41) is 0. The first-order chi connectivity index (χ1) is 8.78. The van der Waals surface area contributed by atoms with Crippen LogP contribution in [0.3, 0.4) is 0 Å². The summed E-state index contributed by atoms with van der Waals surface area (Å²) in [6.07, 6.45) is 3.36. The molecule has 0 radical (unpaired) electrons. The number of halogens is 1. The molecule has 4 nitrogen and oxygen atoms in total. The molecule has 0 aliphatic rings. The quantitative estimate of drug-likeness (QED) is 0.789. The Morgan fingerprint density at radius 2 is 2.00 bits per heavy atom. The van der Waals surface area contributed by atoms with Crippen LogP contribution in [0.1, 0.15) is 0 Å². The summed E-state index contributed by atoms with van der Waals surface area (Å²) >= 11 is 3.48. The fraction of sp³-hybridized carbons (Fsp3) is 0.0769. The van der Waals surface area contributed by atoms with E-state index in [1.54, 1.807) is 19.5 Å². The van der Waals surface area contributed by atoms with E-state index in [4.69, 9.17) is 4.74 Å². The van der Waals surface area contributed by atoms with Crippen molar-refractivity contribution >= 4 is 27.1 Å². The van der Waals surface area contributed by atoms with Crippen LogP contribution in [0, 0.1) is 0 Å². The average molecular weight is 304 g/mol. The standard InChI is InChI=1S/C13H10BrN3O/c1-18-12-3-2-8(6-9(12)14)10-7-11-13(17-10)16-5-4-15-11/h2-7H,1H3,(H,16,17). The van der Waals surface area contributed by atoms with E-state index in [-0.39, 0.29) is 0 Å². The molecular weight excluding hydrogens is 294 g/mol. The number of benzene rings is 1. The minimum Gasteiger partial charge on any atom is -0.496 e. The van der Waals surface area contributed by atoms with E-state index < -0.39 is 0 Å². The van der Waals surface area contributed by atoms with E-state index in [1.807, 2.05) is 24.3 Å². The van der Waals surface area contributed by atoms with Gasteiger partial charge in [-0.2, -0.15) is 0 Å². The summed E-state index contributed by atoms with van der Waals surface area (Å²) < 4.78 is 6.13. The van der Waals surface area contributed by atoms with Gasteiger partial charge >= 0.3 is 0 Å². The number of rotatable bonds is 2. The Labute approximate surface area is 112 Å². The molecular formula is C13H10BrN3O. The molecule has 0 unspecified atom stereocenters. The topological polar surface area (TPSA) is 50.8 Å². The van der Waals surface area contributed by atoms with Crippen molar-refractivity contribution in [1.82, 2.24) is 15.0 Å². The van der Waals surface area contributed by atoms with Crippen LogP contribution in [-0.2, 0) is 0 Å². The molecule has 2 aromatic heterocycles. The van der Waals surface area contributed by atoms with E-state index in [0.29, 0.717) is 0 Å². The number of methoxy groups -OCH3 is 1. The molecule has 0 spiro atoms. The lowest BCUT2D eigenvalue weighted by molar-refractivity contribution is 0.412. The number of hydrogen-bond donors (Lipinski definition) is 1. The van der Waals surface area contributed by atoms with Crippen LogP contribution >= 0.6 is 15.9 Å². The zero-order valence-corrected chi connectivity index (χ0v) is 11.2. The minimum atomic E-state index is 0.791. The van der Waals surface area contributed by atoms with Gasteiger partial charge < -0.3 is 9.72 Å². The number of nitrogens with one attached hydrogen (secondary N) is 1. The molecule has 0 saturated carbocycles. The van der Waals surface area contributed by atoms with Gasteiger partial charge in [0.1, 0.15) is 11.3 Å². The number of nitrogens with zero attached hydrogens (tertiary/aromatic N) is 2. The van der Waals surface area contributed by atoms with E-state index in [9.17, 15) is 0 Å². The molecule has 0 saturated heterocycles. The molecule has 1 N–H and O–H groups in total. The summed E-state index contributed by atoms with van der Waals surface area (Å²) in [6.45, 7) is 0. The molecule has 1 aromatic carbocycles. The van der Waals surface area contributed by atoms with Gasteiger partial charge in [-0.3, -0.25) is 4.98 Å². The van der Waals surface area contributed by atoms with Crippen LogP contribution in [0.5, 0.6) is 5.75 Å². The van der Waals surface area contributed by atoms with E-state index >= 15 is 0 Å². The van der Waals surface area contributed by atoms with Crippen molar-refractivity contribution in [3.63, 3.8) is 0 Å². The lowest BCUT2D eigenvalue weighted by Gasteiger charge is -2.04. The monoisotopic (exact) mass is 303 g/mol. The lowest BCUT2D eigenvalue weighted by atomic mass is 10.1. The summed E-state index contributed by atoms with van der Waals surface area (Å²) in [5.74, 6) is 0.811. The lowest BCUT2D eigenvalue weighted by Crippen LogP contribution is -1.85. The summed E-state index contributed by atoms with van der Waals surface area (Å²) in [4.78, 5) is 11.7. The van der Waals surface area contributed by atoms with Gasteiger partial charge in [-0.15, -0.1) is 0 Å². The molecule has 5 heteroatoms. The van der Waals surface area contributed by atoms with Gasteiger partial charge in [0.25, 0.3) is 0 Å². The number of fused-ring (bicyclic) bond motifs is 1. The van der Waals surface area contributed by atoms with Crippen molar-refractivity contribution < 1.29 is 4.74 Å². The highest BCUT2D eigenvalue weighted by atomic mass is 79.9. The minimum absolute atomic E-state index is 0.791. The number of H-pyrrole nitrogens is 1. The first-order valence-corrected chi connectivity index (χ1v) is 6.21. The third kappa shape index (κ3) is 1.86. The Morgan fingerprint density at radius 1 is 1.17 bits per heavy atom. The van der Waals surface area contributed by atoms with Crippen LogP contribution in [0.15, 0.2) is 41.1 Å². The highest BCUT2D eigenvalue weighted by Gasteiger charge is 2.07. The number of aromatic amines is 1. The van der Waals surface area contributed by atoms with Crippen molar-refractivity contribution in [2.24, 2.45) is 0 Å². The number of ether oxygens (including phenoxy) is 1. The maximum absolute atomic E-state index is 5.21. The van der Waals surface area contributed by atoms with Gasteiger partial charge in [0.2, 0.25) is 0 Å². The highest BCUT2D eigenvalue weighted by molar-refractivity contribution is 9.10. The molecule has 0 fully saturated rings. The Bertz CT molecular complexity index is 675. The van der Waals surface area contributed by atoms with Crippen molar-refractivity contribution in [3.8, 4) is 17.0 Å². The second kappa shape index (κ2) is 4.42. The normalized spacial score (nSPS) is 10.8. The predicted octanol–water partition coefficient (Wildman–Crippen LogP) is 3.40. The van der Waals surface area contributed by atoms with Crippen molar-refractivity contribution in [2.75, 3.05) is 7.11 Å². The van der Waals surface area contributed by atoms with Gasteiger partial charge in [-0.05, 0) is 45.8 Å². The molecule has 0 aliphatic heterocycles. The number of hydrogen-bond acceptors (Lipinski definition) is 3. The largest absolute Gasteiger partial charge is 0.496 e. The molecule has 3 aromatic rings. The zero-order chi connectivity index (χ0) is 12.5. The van der Waals surface area contributed by atoms with E-state index in [0.717, 1.165) is 32.6 Å². The molecule has 90 valence electrons. The second-order valence-corrected chi connectivity index (χ2v) is 4.68. The maximum atomic E-state index is 5.21. The van der Waals surface area contributed by atoms with E-state index in [1.165, 1.54) is 0 Å². The number of aromatic nitrogens is 3. The third-order valence-electron chi connectivity index (χ3n) is 2.72. The van der Waals surface area contributed by atoms with Gasteiger partial charge in [0.05, 0.1) is 11.6 Å². The van der Waals surface area contributed by atoms with Gasteiger partial charge in [0.15, 0.2) is 5.65 Å². The third-order valence-corrected chi connectivity index (χ3v) is 3.34. The smallest absolute Gasteiger partial charge is 0.156 e. The summed E-state index contributed by atoms with van der Waals surface area (Å²) in [7, 11) is 1.65. The van der Waals surface area contributed by atoms with Gasteiger partial charge in [-0.1, -0.05) is 0 Å². The molecule has 18 heavy (non-hydrogen) atoms. The molecule has 0 bridgehead atoms. The highest BCUT2D eigenvalue weighted by Crippen LogP contribution is 2.30. The molecule has 3 rings (SSSR count). The van der Waals surface area contributed by atoms with Crippen molar-refractivity contribution in [2.45, 2.75) is 0 Å². The Kier molecular flexibility index (Phi) is 2.76. The molecule has 2 heterocycles. The fourth-order valence-electron chi connectivity index (χ4n) is 1.84. The zero-order valence-electron chi connectivity index (χ0n) is 9.64. The van der Waals surface area contributed by atoms with E-state index in [2.05, 4.69) is 30.9 Å². The van der Waals surface area contributed by atoms with Crippen LogP contribution in [0.2, 0.25) is 0 Å². The van der Waals surface area contributed by atoms with Crippen LogP contribution in [-0.4, -0.2) is 22.1 Å². The first kappa shape index (κ1) is 11.2. The van der Waals surface area contributed by atoms with Crippen LogP contribution < -0.4 is 4.74 Å². The molecule has 0 amide bonds. The first-order valence-electron chi connectivity index (χ1n) is 5.41. The van der Waals surface area contributed by atoms with Crippen LogP contribution in [0.25, 0.3) is 22.4 Å². The fourth-order valence-corrected chi connectivity index (χ4v) is 2.38. The Morgan fingerprint density at radius 3 is 2.72 bits per heavy atom. The second-order valence-electron chi connectivity index (χ2n) is 3.82. The van der Waals surface area contributed by atoms with Crippen LogP contribution in [0.4, 0.5) is 0 Å². The summed E-state index contributed by atoms with van der Waals surface area (Å²) in [5.41, 5.74) is 3.70. The average Bonchev–Trinajstić information content (AvgIpc) is 2.82. The van der Waals surface area contributed by atoms with Crippen molar-refractivity contribution in [1.29, 1.82) is 0 Å². The Balaban J connectivity index is 2.11. The molecule has 0 aliphatic carbocycles. The van der Waals surface area contributed by atoms with Gasteiger partial charge in [-0.25, -0.2) is 4.98 Å². The predicted molar refractivity (Wildman–Crippen MR) is 73.6 cm³/mol. The Hall–Kier alpha value is -1.88. The van der Waals surface area contributed by atoms with Gasteiger partial charge in [0, 0.05) is 18.1 Å². The maximum Gasteiger partial charge on any atom is 0.156 e.